The van der Waals surface area contributed by atoms with Crippen molar-refractivity contribution in [3.8, 4) is 22.9 Å². The molecular weight excluding hydrogens is 324 g/mol. The van der Waals surface area contributed by atoms with Crippen LogP contribution >= 0.6 is 0 Å². The lowest BCUT2D eigenvalue weighted by Crippen LogP contribution is -2.40. The Morgan fingerprint density at radius 2 is 2.16 bits per heavy atom. The third kappa shape index (κ3) is 3.90. The van der Waals surface area contributed by atoms with E-state index in [1.54, 1.807) is 26.4 Å². The first-order chi connectivity index (χ1) is 12.1. The minimum absolute atomic E-state index is 0.109. The van der Waals surface area contributed by atoms with Gasteiger partial charge in [-0.25, -0.2) is 0 Å². The van der Waals surface area contributed by atoms with E-state index < -0.39 is 0 Å². The van der Waals surface area contributed by atoms with Crippen LogP contribution in [-0.4, -0.2) is 48.3 Å². The number of likely N-dealkylation sites (tertiary alicyclic amines) is 1. The van der Waals surface area contributed by atoms with E-state index in [9.17, 15) is 4.79 Å². The monoisotopic (exact) mass is 346 g/mol. The highest BCUT2D eigenvalue weighted by atomic mass is 16.5. The van der Waals surface area contributed by atoms with Crippen LogP contribution in [-0.2, 0) is 11.3 Å². The summed E-state index contributed by atoms with van der Waals surface area (Å²) in [4.78, 5) is 17.9. The zero-order chi connectivity index (χ0) is 17.8. The molecule has 1 unspecified atom stereocenters. The molecule has 0 spiro atoms. The van der Waals surface area contributed by atoms with Gasteiger partial charge >= 0.3 is 0 Å². The number of hydrogen-bond acceptors (Lipinski definition) is 7. The molecule has 0 bridgehead atoms. The van der Waals surface area contributed by atoms with E-state index in [2.05, 4.69) is 15.0 Å². The highest BCUT2D eigenvalue weighted by molar-refractivity contribution is 5.76. The number of rotatable bonds is 6. The first-order valence-corrected chi connectivity index (χ1v) is 8.17. The highest BCUT2D eigenvalue weighted by Crippen LogP contribution is 2.31. The molecular formula is C17H22N4O4. The number of hydrogen-bond donors (Lipinski definition) is 1. The minimum Gasteiger partial charge on any atom is -0.493 e. The number of aromatic nitrogens is 2. The number of ether oxygens (including phenoxy) is 2. The van der Waals surface area contributed by atoms with Gasteiger partial charge in [-0.05, 0) is 37.6 Å². The number of carbonyl (C=O) groups excluding carboxylic acids is 1. The third-order valence-electron chi connectivity index (χ3n) is 4.38. The largest absolute Gasteiger partial charge is 0.493 e. The van der Waals surface area contributed by atoms with Gasteiger partial charge in [0, 0.05) is 12.1 Å². The van der Waals surface area contributed by atoms with Gasteiger partial charge in [0.05, 0.1) is 26.7 Å². The number of nitrogens with zero attached hydrogens (tertiary/aromatic N) is 3. The number of primary amides is 1. The van der Waals surface area contributed by atoms with Crippen LogP contribution in [0.2, 0.25) is 0 Å². The van der Waals surface area contributed by atoms with Gasteiger partial charge in [0.1, 0.15) is 0 Å². The highest BCUT2D eigenvalue weighted by Gasteiger charge is 2.25. The molecule has 1 atom stereocenters. The lowest BCUT2D eigenvalue weighted by Gasteiger charge is -2.29. The van der Waals surface area contributed by atoms with E-state index in [1.165, 1.54) is 0 Å². The summed E-state index contributed by atoms with van der Waals surface area (Å²) in [6.07, 6.45) is 1.77. The molecule has 1 saturated heterocycles. The van der Waals surface area contributed by atoms with Crippen molar-refractivity contribution in [3.05, 3.63) is 24.1 Å². The topological polar surface area (TPSA) is 104 Å². The zero-order valence-corrected chi connectivity index (χ0v) is 14.4. The van der Waals surface area contributed by atoms with Gasteiger partial charge < -0.3 is 19.7 Å². The number of benzene rings is 1. The van der Waals surface area contributed by atoms with E-state index in [4.69, 9.17) is 19.7 Å². The predicted octanol–water partition coefficient (Wildman–Crippen LogP) is 1.45. The lowest BCUT2D eigenvalue weighted by atomic mass is 9.97. The smallest absolute Gasteiger partial charge is 0.241 e. The second-order valence-corrected chi connectivity index (χ2v) is 6.06. The Hall–Kier alpha value is -2.61. The fourth-order valence-electron chi connectivity index (χ4n) is 3.03. The Kier molecular flexibility index (Phi) is 5.18. The maximum Gasteiger partial charge on any atom is 0.241 e. The van der Waals surface area contributed by atoms with Gasteiger partial charge in [-0.15, -0.1) is 0 Å². The van der Waals surface area contributed by atoms with Gasteiger partial charge in [-0.3, -0.25) is 9.69 Å². The fraction of sp³-hybridized carbons (Fsp3) is 0.471. The molecule has 8 heteroatoms. The van der Waals surface area contributed by atoms with Crippen molar-refractivity contribution in [2.45, 2.75) is 19.4 Å². The molecule has 0 saturated carbocycles. The summed E-state index contributed by atoms with van der Waals surface area (Å²) in [7, 11) is 3.16. The molecule has 1 fully saturated rings. The van der Waals surface area contributed by atoms with Crippen LogP contribution < -0.4 is 15.2 Å². The number of carbonyl (C=O) groups is 1. The van der Waals surface area contributed by atoms with Crippen molar-refractivity contribution in [1.82, 2.24) is 15.0 Å². The molecule has 1 aliphatic heterocycles. The summed E-state index contributed by atoms with van der Waals surface area (Å²) in [5.41, 5.74) is 6.19. The van der Waals surface area contributed by atoms with Crippen molar-refractivity contribution >= 4 is 5.91 Å². The quantitative estimate of drug-likeness (QED) is 0.844. The molecule has 1 aromatic carbocycles. The fourth-order valence-corrected chi connectivity index (χ4v) is 3.03. The number of methoxy groups -OCH3 is 2. The van der Waals surface area contributed by atoms with E-state index in [0.29, 0.717) is 36.3 Å². The lowest BCUT2D eigenvalue weighted by molar-refractivity contribution is -0.123. The second-order valence-electron chi connectivity index (χ2n) is 6.06. The standard InChI is InChI=1S/C17H22N4O4/c1-23-13-6-5-11(8-14(13)24-2)17-19-15(25-20-17)10-21-7-3-4-12(9-21)16(18)22/h5-6,8,12H,3-4,7,9-10H2,1-2H3,(H2,18,22). The molecule has 1 aliphatic rings. The molecule has 2 aromatic rings. The van der Waals surface area contributed by atoms with Gasteiger partial charge in [0.25, 0.3) is 0 Å². The zero-order valence-electron chi connectivity index (χ0n) is 14.4. The van der Waals surface area contributed by atoms with E-state index in [0.717, 1.165) is 24.9 Å². The maximum absolute atomic E-state index is 11.4. The Bertz CT molecular complexity index is 746. The maximum atomic E-state index is 11.4. The Labute approximate surface area is 145 Å². The first-order valence-electron chi connectivity index (χ1n) is 8.17. The summed E-state index contributed by atoms with van der Waals surface area (Å²) in [6, 6.07) is 5.45. The van der Waals surface area contributed by atoms with Gasteiger partial charge in [-0.2, -0.15) is 4.98 Å². The molecule has 25 heavy (non-hydrogen) atoms. The van der Waals surface area contributed by atoms with Gasteiger partial charge in [-0.1, -0.05) is 5.16 Å². The summed E-state index contributed by atoms with van der Waals surface area (Å²) >= 11 is 0. The number of amides is 1. The molecule has 2 N–H and O–H groups in total. The number of piperidine rings is 1. The minimum atomic E-state index is -0.249. The van der Waals surface area contributed by atoms with Crippen molar-refractivity contribution < 1.29 is 18.8 Å². The predicted molar refractivity (Wildman–Crippen MR) is 90.0 cm³/mol. The Morgan fingerprint density at radius 3 is 2.88 bits per heavy atom. The van der Waals surface area contributed by atoms with E-state index in [-0.39, 0.29) is 11.8 Å². The first kappa shape index (κ1) is 17.2. The Morgan fingerprint density at radius 1 is 1.36 bits per heavy atom. The van der Waals surface area contributed by atoms with Crippen LogP contribution in [0, 0.1) is 5.92 Å². The molecule has 134 valence electrons. The van der Waals surface area contributed by atoms with Crippen molar-refractivity contribution in [2.75, 3.05) is 27.3 Å². The van der Waals surface area contributed by atoms with E-state index in [1.807, 2.05) is 6.07 Å². The van der Waals surface area contributed by atoms with Crippen LogP contribution in [0.3, 0.4) is 0 Å². The normalized spacial score (nSPS) is 18.1. The average Bonchev–Trinajstić information content (AvgIpc) is 3.09. The van der Waals surface area contributed by atoms with Crippen molar-refractivity contribution in [2.24, 2.45) is 11.7 Å². The van der Waals surface area contributed by atoms with Crippen molar-refractivity contribution in [3.63, 3.8) is 0 Å². The molecule has 2 heterocycles. The third-order valence-corrected chi connectivity index (χ3v) is 4.38. The van der Waals surface area contributed by atoms with E-state index >= 15 is 0 Å². The van der Waals surface area contributed by atoms with Crippen LogP contribution in [0.4, 0.5) is 0 Å². The molecule has 0 radical (unpaired) electrons. The SMILES string of the molecule is COc1ccc(-c2noc(CN3CCCC(C(N)=O)C3)n2)cc1OC. The summed E-state index contributed by atoms with van der Waals surface area (Å²) in [5, 5.41) is 4.04. The van der Waals surface area contributed by atoms with Crippen LogP contribution in [0.15, 0.2) is 22.7 Å². The molecule has 8 nitrogen and oxygen atoms in total. The number of nitrogens with two attached hydrogens (primary N) is 1. The van der Waals surface area contributed by atoms with Gasteiger partial charge in [0.15, 0.2) is 11.5 Å². The molecule has 1 amide bonds. The molecule has 0 aliphatic carbocycles. The van der Waals surface area contributed by atoms with Crippen molar-refractivity contribution in [1.29, 1.82) is 0 Å². The summed E-state index contributed by atoms with van der Waals surface area (Å²) < 4.78 is 15.9. The molecule has 3 rings (SSSR count). The van der Waals surface area contributed by atoms with Gasteiger partial charge in [0.2, 0.25) is 17.6 Å². The summed E-state index contributed by atoms with van der Waals surface area (Å²) in [6.45, 7) is 2.02. The summed E-state index contributed by atoms with van der Waals surface area (Å²) in [5.74, 6) is 1.88. The van der Waals surface area contributed by atoms with Crippen LogP contribution in [0.25, 0.3) is 11.4 Å². The average molecular weight is 346 g/mol. The van der Waals surface area contributed by atoms with Crippen LogP contribution in [0.1, 0.15) is 18.7 Å². The Balaban J connectivity index is 1.71. The van der Waals surface area contributed by atoms with Crippen LogP contribution in [0.5, 0.6) is 11.5 Å². The second kappa shape index (κ2) is 7.52. The molecule has 1 aromatic heterocycles.